The van der Waals surface area contributed by atoms with Crippen molar-refractivity contribution in [3.63, 3.8) is 0 Å². The lowest BCUT2D eigenvalue weighted by Gasteiger charge is -2.29. The number of aromatic nitrogens is 2. The van der Waals surface area contributed by atoms with Crippen LogP contribution in [-0.2, 0) is 9.47 Å². The zero-order valence-electron chi connectivity index (χ0n) is 15.3. The van der Waals surface area contributed by atoms with Gasteiger partial charge in [0.2, 0.25) is 0 Å². The van der Waals surface area contributed by atoms with Crippen LogP contribution in [0.15, 0.2) is 24.3 Å². The molecule has 1 aromatic carbocycles. The van der Waals surface area contributed by atoms with E-state index in [0.29, 0.717) is 37.0 Å². The maximum absolute atomic E-state index is 12.1. The minimum absolute atomic E-state index is 0.339. The molecule has 0 bridgehead atoms. The minimum Gasteiger partial charge on any atom is -0.478 e. The van der Waals surface area contributed by atoms with Gasteiger partial charge in [-0.15, -0.1) is 10.2 Å². The van der Waals surface area contributed by atoms with Crippen molar-refractivity contribution < 1.29 is 19.0 Å². The predicted molar refractivity (Wildman–Crippen MR) is 97.7 cm³/mol. The van der Waals surface area contributed by atoms with Crippen molar-refractivity contribution in [1.29, 1.82) is 0 Å². The highest BCUT2D eigenvalue weighted by molar-refractivity contribution is 5.91. The fraction of sp³-hybridized carbons (Fsp3) is 0.421. The summed E-state index contributed by atoms with van der Waals surface area (Å²) in [5, 5.41) is 8.53. The first-order chi connectivity index (χ1) is 12.6. The molecule has 1 fully saturated rings. The summed E-state index contributed by atoms with van der Waals surface area (Å²) in [7, 11) is 1.58. The Hall–Kier alpha value is -2.67. The number of hydrogen-bond donors (Lipinski definition) is 0. The van der Waals surface area contributed by atoms with Gasteiger partial charge < -0.3 is 19.1 Å². The summed E-state index contributed by atoms with van der Waals surface area (Å²) < 4.78 is 15.9. The Morgan fingerprint density at radius 3 is 2.69 bits per heavy atom. The summed E-state index contributed by atoms with van der Waals surface area (Å²) >= 11 is 0. The number of rotatable bonds is 5. The Labute approximate surface area is 152 Å². The molecule has 138 valence electrons. The van der Waals surface area contributed by atoms with Gasteiger partial charge >= 0.3 is 5.97 Å². The number of methoxy groups -OCH3 is 1. The molecule has 0 spiro atoms. The third-order valence-corrected chi connectivity index (χ3v) is 4.31. The number of anilines is 1. The maximum Gasteiger partial charge on any atom is 0.338 e. The van der Waals surface area contributed by atoms with Crippen molar-refractivity contribution in [2.45, 2.75) is 13.8 Å². The van der Waals surface area contributed by atoms with Gasteiger partial charge in [-0.25, -0.2) is 4.79 Å². The number of esters is 1. The van der Waals surface area contributed by atoms with Gasteiger partial charge in [-0.3, -0.25) is 0 Å². The number of nitrogens with zero attached hydrogens (tertiary/aromatic N) is 3. The maximum atomic E-state index is 12.1. The van der Waals surface area contributed by atoms with Crippen LogP contribution in [0.1, 0.15) is 22.8 Å². The van der Waals surface area contributed by atoms with E-state index in [9.17, 15) is 4.79 Å². The summed E-state index contributed by atoms with van der Waals surface area (Å²) in [6.45, 7) is 6.97. The average molecular weight is 357 g/mol. The molecule has 0 radical (unpaired) electrons. The SMILES string of the molecule is CCOC(=O)c1ccc(C)c(-c2cc(N3CCOCC3)c(OC)nn2)c1. The number of carbonyl (C=O) groups excluding carboxylic acids is 1. The quantitative estimate of drug-likeness (QED) is 0.761. The molecule has 1 saturated heterocycles. The van der Waals surface area contributed by atoms with Crippen LogP contribution in [0.5, 0.6) is 5.88 Å². The lowest BCUT2D eigenvalue weighted by Crippen LogP contribution is -2.36. The Bertz CT molecular complexity index is 788. The van der Waals surface area contributed by atoms with E-state index >= 15 is 0 Å². The number of benzene rings is 1. The molecule has 26 heavy (non-hydrogen) atoms. The minimum atomic E-state index is -0.344. The summed E-state index contributed by atoms with van der Waals surface area (Å²) in [5.74, 6) is 0.137. The molecule has 7 heteroatoms. The first-order valence-electron chi connectivity index (χ1n) is 8.66. The van der Waals surface area contributed by atoms with Gasteiger partial charge in [0, 0.05) is 18.7 Å². The Morgan fingerprint density at radius 2 is 2.00 bits per heavy atom. The van der Waals surface area contributed by atoms with Crippen LogP contribution in [-0.4, -0.2) is 56.2 Å². The summed E-state index contributed by atoms with van der Waals surface area (Å²) in [4.78, 5) is 14.2. The molecule has 0 N–H and O–H groups in total. The van der Waals surface area contributed by atoms with Crippen LogP contribution in [0, 0.1) is 6.92 Å². The highest BCUT2D eigenvalue weighted by Gasteiger charge is 2.19. The fourth-order valence-corrected chi connectivity index (χ4v) is 2.92. The zero-order chi connectivity index (χ0) is 18.5. The molecule has 7 nitrogen and oxygen atoms in total. The average Bonchev–Trinajstić information content (AvgIpc) is 2.68. The normalized spacial score (nSPS) is 14.2. The molecule has 1 aliphatic heterocycles. The van der Waals surface area contributed by atoms with Crippen molar-refractivity contribution in [3.05, 3.63) is 35.4 Å². The topological polar surface area (TPSA) is 73.8 Å². The van der Waals surface area contributed by atoms with Gasteiger partial charge in [0.15, 0.2) is 0 Å². The van der Waals surface area contributed by atoms with E-state index in [1.54, 1.807) is 26.2 Å². The highest BCUT2D eigenvalue weighted by Crippen LogP contribution is 2.31. The predicted octanol–water partition coefficient (Wildman–Crippen LogP) is 2.47. The van der Waals surface area contributed by atoms with Crippen molar-refractivity contribution in [1.82, 2.24) is 10.2 Å². The van der Waals surface area contributed by atoms with E-state index in [-0.39, 0.29) is 5.97 Å². The van der Waals surface area contributed by atoms with E-state index in [0.717, 1.165) is 29.9 Å². The third kappa shape index (κ3) is 3.77. The summed E-state index contributed by atoms with van der Waals surface area (Å²) in [5.41, 5.74) is 3.92. The fourth-order valence-electron chi connectivity index (χ4n) is 2.92. The third-order valence-electron chi connectivity index (χ3n) is 4.31. The second-order valence-corrected chi connectivity index (χ2v) is 5.97. The summed E-state index contributed by atoms with van der Waals surface area (Å²) in [6, 6.07) is 7.40. The van der Waals surface area contributed by atoms with Crippen molar-refractivity contribution in [3.8, 4) is 17.1 Å². The van der Waals surface area contributed by atoms with Crippen LogP contribution in [0.2, 0.25) is 0 Å². The van der Waals surface area contributed by atoms with Gasteiger partial charge in [0.05, 0.1) is 38.2 Å². The second kappa shape index (κ2) is 8.14. The van der Waals surface area contributed by atoms with Gasteiger partial charge in [-0.05, 0) is 37.6 Å². The van der Waals surface area contributed by atoms with Gasteiger partial charge in [-0.2, -0.15) is 0 Å². The van der Waals surface area contributed by atoms with Crippen molar-refractivity contribution >= 4 is 11.7 Å². The standard InChI is InChI=1S/C19H23N3O4/c1-4-26-19(23)14-6-5-13(2)15(11-14)16-12-17(18(24-3)21-20-16)22-7-9-25-10-8-22/h5-6,11-12H,4,7-10H2,1-3H3. The number of morpholine rings is 1. The zero-order valence-corrected chi connectivity index (χ0v) is 15.3. The van der Waals surface area contributed by atoms with E-state index in [1.807, 2.05) is 19.1 Å². The molecule has 0 unspecified atom stereocenters. The Morgan fingerprint density at radius 1 is 1.23 bits per heavy atom. The molecule has 1 aliphatic rings. The number of hydrogen-bond acceptors (Lipinski definition) is 7. The molecule has 0 saturated carbocycles. The van der Waals surface area contributed by atoms with Crippen LogP contribution in [0.3, 0.4) is 0 Å². The summed E-state index contributed by atoms with van der Waals surface area (Å²) in [6.07, 6.45) is 0. The molecule has 1 aromatic heterocycles. The van der Waals surface area contributed by atoms with E-state index in [2.05, 4.69) is 15.1 Å². The monoisotopic (exact) mass is 357 g/mol. The second-order valence-electron chi connectivity index (χ2n) is 5.97. The molecular weight excluding hydrogens is 334 g/mol. The molecule has 0 amide bonds. The van der Waals surface area contributed by atoms with Crippen LogP contribution < -0.4 is 9.64 Å². The molecule has 3 rings (SSSR count). The van der Waals surface area contributed by atoms with Crippen molar-refractivity contribution in [2.24, 2.45) is 0 Å². The van der Waals surface area contributed by atoms with Gasteiger partial charge in [-0.1, -0.05) is 6.07 Å². The largest absolute Gasteiger partial charge is 0.478 e. The smallest absolute Gasteiger partial charge is 0.338 e. The molecule has 2 heterocycles. The van der Waals surface area contributed by atoms with Crippen molar-refractivity contribution in [2.75, 3.05) is 44.9 Å². The lowest BCUT2D eigenvalue weighted by molar-refractivity contribution is 0.0526. The lowest BCUT2D eigenvalue weighted by atomic mass is 10.0. The number of aryl methyl sites for hydroxylation is 1. The number of ether oxygens (including phenoxy) is 3. The number of carbonyl (C=O) groups is 1. The molecule has 2 aromatic rings. The van der Waals surface area contributed by atoms with E-state index in [4.69, 9.17) is 14.2 Å². The van der Waals surface area contributed by atoms with Gasteiger partial charge in [0.1, 0.15) is 5.69 Å². The van der Waals surface area contributed by atoms with Crippen LogP contribution in [0.25, 0.3) is 11.3 Å². The van der Waals surface area contributed by atoms with Crippen LogP contribution >= 0.6 is 0 Å². The van der Waals surface area contributed by atoms with Gasteiger partial charge in [0.25, 0.3) is 5.88 Å². The molecule has 0 aliphatic carbocycles. The molecule has 0 atom stereocenters. The first-order valence-corrected chi connectivity index (χ1v) is 8.66. The van der Waals surface area contributed by atoms with E-state index < -0.39 is 0 Å². The Balaban J connectivity index is 2.01. The van der Waals surface area contributed by atoms with Crippen LogP contribution in [0.4, 0.5) is 5.69 Å². The van der Waals surface area contributed by atoms with E-state index in [1.165, 1.54) is 0 Å². The first kappa shape index (κ1) is 18.1. The Kier molecular flexibility index (Phi) is 5.68. The highest BCUT2D eigenvalue weighted by atomic mass is 16.5. The molecular formula is C19H23N3O4.